The predicted octanol–water partition coefficient (Wildman–Crippen LogP) is 4.69. The van der Waals surface area contributed by atoms with E-state index in [0.717, 1.165) is 28.2 Å². The van der Waals surface area contributed by atoms with Gasteiger partial charge >= 0.3 is 0 Å². The number of carbonyl (C=O) groups excluding carboxylic acids is 1. The number of amides is 1. The molecule has 0 unspecified atom stereocenters. The van der Waals surface area contributed by atoms with Crippen molar-refractivity contribution in [1.29, 1.82) is 0 Å². The number of carbonyl (C=O) groups is 1. The Balaban J connectivity index is 1.76. The maximum atomic E-state index is 12.5. The second kappa shape index (κ2) is 6.96. The summed E-state index contributed by atoms with van der Waals surface area (Å²) >= 11 is 0. The molecule has 1 amide bonds. The summed E-state index contributed by atoms with van der Waals surface area (Å²) in [6, 6.07) is 17.5. The smallest absolute Gasteiger partial charge is 0.257 e. The number of benzene rings is 2. The standard InChI is InChI=1S/C20H19N3O/c1-14-8-15(2)10-18(9-14)23-20(24)16-11-19(13-21-12-16)22-17-6-4-3-5-7-17/h3-13,22H,1-2H3,(H,23,24). The number of hydrogen-bond acceptors (Lipinski definition) is 3. The zero-order valence-corrected chi connectivity index (χ0v) is 13.7. The number of nitrogens with zero attached hydrogens (tertiary/aromatic N) is 1. The van der Waals surface area contributed by atoms with Crippen molar-refractivity contribution >= 4 is 23.0 Å². The SMILES string of the molecule is Cc1cc(C)cc(NC(=O)c2cncc(Nc3ccccc3)c2)c1. The molecule has 1 aromatic heterocycles. The van der Waals surface area contributed by atoms with Gasteiger partial charge in [-0.25, -0.2) is 0 Å². The Labute approximate surface area is 141 Å². The van der Waals surface area contributed by atoms with Crippen molar-refractivity contribution < 1.29 is 4.79 Å². The lowest BCUT2D eigenvalue weighted by molar-refractivity contribution is 0.102. The zero-order valence-electron chi connectivity index (χ0n) is 13.7. The van der Waals surface area contributed by atoms with E-state index in [1.807, 2.05) is 56.3 Å². The first-order valence-corrected chi connectivity index (χ1v) is 7.77. The van der Waals surface area contributed by atoms with Crippen LogP contribution in [0, 0.1) is 13.8 Å². The maximum absolute atomic E-state index is 12.5. The van der Waals surface area contributed by atoms with Crippen molar-refractivity contribution in [2.24, 2.45) is 0 Å². The van der Waals surface area contributed by atoms with Gasteiger partial charge in [-0.15, -0.1) is 0 Å². The third-order valence-corrected chi connectivity index (χ3v) is 3.54. The van der Waals surface area contributed by atoms with Crippen LogP contribution in [0.25, 0.3) is 0 Å². The van der Waals surface area contributed by atoms with Crippen molar-refractivity contribution in [2.75, 3.05) is 10.6 Å². The number of aromatic nitrogens is 1. The molecule has 3 aromatic rings. The van der Waals surface area contributed by atoms with E-state index in [-0.39, 0.29) is 5.91 Å². The third kappa shape index (κ3) is 3.98. The van der Waals surface area contributed by atoms with Gasteiger partial charge in [0.25, 0.3) is 5.91 Å². The zero-order chi connectivity index (χ0) is 16.9. The third-order valence-electron chi connectivity index (χ3n) is 3.54. The van der Waals surface area contributed by atoms with E-state index >= 15 is 0 Å². The molecule has 0 spiro atoms. The monoisotopic (exact) mass is 317 g/mol. The number of anilines is 3. The predicted molar refractivity (Wildman–Crippen MR) is 97.8 cm³/mol. The second-order valence-corrected chi connectivity index (χ2v) is 5.78. The summed E-state index contributed by atoms with van der Waals surface area (Å²) in [5.41, 5.74) is 5.25. The molecular formula is C20H19N3O. The highest BCUT2D eigenvalue weighted by molar-refractivity contribution is 6.04. The molecule has 0 saturated carbocycles. The highest BCUT2D eigenvalue weighted by Gasteiger charge is 2.08. The summed E-state index contributed by atoms with van der Waals surface area (Å²) < 4.78 is 0. The fourth-order valence-corrected chi connectivity index (χ4v) is 2.57. The first kappa shape index (κ1) is 15.7. The van der Waals surface area contributed by atoms with Crippen LogP contribution in [0.15, 0.2) is 67.0 Å². The minimum Gasteiger partial charge on any atom is -0.354 e. The van der Waals surface area contributed by atoms with E-state index in [9.17, 15) is 4.79 Å². The fourth-order valence-electron chi connectivity index (χ4n) is 2.57. The number of nitrogens with one attached hydrogen (secondary N) is 2. The molecule has 4 nitrogen and oxygen atoms in total. The van der Waals surface area contributed by atoms with E-state index in [2.05, 4.69) is 21.7 Å². The van der Waals surface area contributed by atoms with Crippen LogP contribution in [0.2, 0.25) is 0 Å². The van der Waals surface area contributed by atoms with Gasteiger partial charge in [-0.3, -0.25) is 9.78 Å². The summed E-state index contributed by atoms with van der Waals surface area (Å²) in [5.74, 6) is -0.177. The average molecular weight is 317 g/mol. The minimum absolute atomic E-state index is 0.177. The Bertz CT molecular complexity index is 840. The molecule has 3 rings (SSSR count). The van der Waals surface area contributed by atoms with Gasteiger partial charge in [-0.05, 0) is 55.3 Å². The van der Waals surface area contributed by atoms with Gasteiger partial charge in [0.05, 0.1) is 17.4 Å². The van der Waals surface area contributed by atoms with Crippen molar-refractivity contribution in [3.8, 4) is 0 Å². The Hall–Kier alpha value is -3.14. The van der Waals surface area contributed by atoms with Gasteiger partial charge in [0.1, 0.15) is 0 Å². The highest BCUT2D eigenvalue weighted by atomic mass is 16.1. The molecule has 0 saturated heterocycles. The van der Waals surface area contributed by atoms with Crippen LogP contribution in [0.4, 0.5) is 17.1 Å². The largest absolute Gasteiger partial charge is 0.354 e. The highest BCUT2D eigenvalue weighted by Crippen LogP contribution is 2.18. The van der Waals surface area contributed by atoms with Crippen molar-refractivity contribution in [2.45, 2.75) is 13.8 Å². The minimum atomic E-state index is -0.177. The molecule has 0 aliphatic rings. The van der Waals surface area contributed by atoms with Crippen LogP contribution in [0.5, 0.6) is 0 Å². The van der Waals surface area contributed by atoms with E-state index in [1.165, 1.54) is 0 Å². The molecule has 0 radical (unpaired) electrons. The van der Waals surface area contributed by atoms with Crippen LogP contribution in [0.3, 0.4) is 0 Å². The van der Waals surface area contributed by atoms with Crippen molar-refractivity contribution in [3.05, 3.63) is 83.7 Å². The van der Waals surface area contributed by atoms with Crippen LogP contribution in [0.1, 0.15) is 21.5 Å². The average Bonchev–Trinajstić information content (AvgIpc) is 2.55. The number of aryl methyl sites for hydroxylation is 2. The van der Waals surface area contributed by atoms with Crippen molar-refractivity contribution in [1.82, 2.24) is 4.98 Å². The quantitative estimate of drug-likeness (QED) is 0.733. The summed E-state index contributed by atoms with van der Waals surface area (Å²) in [6.45, 7) is 4.02. The number of para-hydroxylation sites is 1. The molecule has 0 atom stereocenters. The molecule has 0 fully saturated rings. The Morgan fingerprint density at radius 3 is 2.25 bits per heavy atom. The molecule has 0 bridgehead atoms. The van der Waals surface area contributed by atoms with E-state index < -0.39 is 0 Å². The van der Waals surface area contributed by atoms with Gasteiger partial charge < -0.3 is 10.6 Å². The molecule has 24 heavy (non-hydrogen) atoms. The molecule has 120 valence electrons. The van der Waals surface area contributed by atoms with Gasteiger partial charge in [0, 0.05) is 17.6 Å². The Morgan fingerprint density at radius 1 is 0.833 bits per heavy atom. The summed E-state index contributed by atoms with van der Waals surface area (Å²) in [5, 5.41) is 6.16. The lowest BCUT2D eigenvalue weighted by Crippen LogP contribution is -2.12. The van der Waals surface area contributed by atoms with Crippen molar-refractivity contribution in [3.63, 3.8) is 0 Å². The van der Waals surface area contributed by atoms with Crippen LogP contribution in [-0.2, 0) is 0 Å². The number of rotatable bonds is 4. The summed E-state index contributed by atoms with van der Waals surface area (Å²) in [4.78, 5) is 16.6. The molecule has 2 aromatic carbocycles. The molecular weight excluding hydrogens is 298 g/mol. The van der Waals surface area contributed by atoms with Gasteiger partial charge in [0.15, 0.2) is 0 Å². The van der Waals surface area contributed by atoms with Gasteiger partial charge in [0.2, 0.25) is 0 Å². The Kier molecular flexibility index (Phi) is 4.57. The molecule has 0 aliphatic carbocycles. The van der Waals surface area contributed by atoms with Crippen LogP contribution >= 0.6 is 0 Å². The van der Waals surface area contributed by atoms with Gasteiger partial charge in [-0.1, -0.05) is 24.3 Å². The Morgan fingerprint density at radius 2 is 1.54 bits per heavy atom. The fraction of sp³-hybridized carbons (Fsp3) is 0.100. The van der Waals surface area contributed by atoms with E-state index in [1.54, 1.807) is 18.5 Å². The molecule has 4 heteroatoms. The summed E-state index contributed by atoms with van der Waals surface area (Å²) in [6.07, 6.45) is 3.26. The lowest BCUT2D eigenvalue weighted by atomic mass is 10.1. The molecule has 1 heterocycles. The first-order valence-electron chi connectivity index (χ1n) is 7.77. The second-order valence-electron chi connectivity index (χ2n) is 5.78. The lowest BCUT2D eigenvalue weighted by Gasteiger charge is -2.09. The topological polar surface area (TPSA) is 54.0 Å². The van der Waals surface area contributed by atoms with Crippen LogP contribution in [-0.4, -0.2) is 10.9 Å². The normalized spacial score (nSPS) is 10.2. The molecule has 0 aliphatic heterocycles. The van der Waals surface area contributed by atoms with E-state index in [0.29, 0.717) is 5.56 Å². The first-order chi connectivity index (χ1) is 11.6. The summed E-state index contributed by atoms with van der Waals surface area (Å²) in [7, 11) is 0. The molecule has 2 N–H and O–H groups in total. The maximum Gasteiger partial charge on any atom is 0.257 e. The number of hydrogen-bond donors (Lipinski definition) is 2. The van der Waals surface area contributed by atoms with Crippen LogP contribution < -0.4 is 10.6 Å². The number of pyridine rings is 1. The van der Waals surface area contributed by atoms with Gasteiger partial charge in [-0.2, -0.15) is 0 Å². The van der Waals surface area contributed by atoms with E-state index in [4.69, 9.17) is 0 Å².